The van der Waals surface area contributed by atoms with E-state index < -0.39 is 17.9 Å². The summed E-state index contributed by atoms with van der Waals surface area (Å²) in [4.78, 5) is 25.4. The minimum Gasteiger partial charge on any atom is -0.497 e. The molecule has 1 amide bonds. The molecule has 1 aromatic carbocycles. The van der Waals surface area contributed by atoms with Crippen molar-refractivity contribution in [3.05, 3.63) is 35.7 Å². The zero-order valence-corrected chi connectivity index (χ0v) is 13.9. The van der Waals surface area contributed by atoms with Gasteiger partial charge < -0.3 is 19.5 Å². The lowest BCUT2D eigenvalue weighted by atomic mass is 10.2. The highest BCUT2D eigenvalue weighted by Gasteiger charge is 2.35. The predicted octanol–water partition coefficient (Wildman–Crippen LogP) is 0.510. The topological polar surface area (TPSA) is 107 Å². The van der Waals surface area contributed by atoms with Gasteiger partial charge in [-0.2, -0.15) is 0 Å². The normalized spacial score (nSPS) is 17.4. The van der Waals surface area contributed by atoms with E-state index in [9.17, 15) is 14.7 Å². The van der Waals surface area contributed by atoms with E-state index in [0.29, 0.717) is 18.1 Å². The third kappa shape index (κ3) is 3.18. The molecule has 1 aliphatic rings. The number of aromatic nitrogens is 3. The van der Waals surface area contributed by atoms with Crippen molar-refractivity contribution < 1.29 is 24.2 Å². The molecule has 1 unspecified atom stereocenters. The van der Waals surface area contributed by atoms with Crippen molar-refractivity contribution in [2.24, 2.45) is 0 Å². The van der Waals surface area contributed by atoms with Crippen LogP contribution in [0.3, 0.4) is 0 Å². The number of nitrogens with zero attached hydrogens (tertiary/aromatic N) is 4. The van der Waals surface area contributed by atoms with Crippen LogP contribution >= 0.6 is 0 Å². The zero-order chi connectivity index (χ0) is 18.0. The van der Waals surface area contributed by atoms with E-state index in [2.05, 4.69) is 10.3 Å². The van der Waals surface area contributed by atoms with Crippen LogP contribution in [0.4, 0.5) is 0 Å². The molecule has 132 valence electrons. The van der Waals surface area contributed by atoms with Gasteiger partial charge in [-0.05, 0) is 31.2 Å². The van der Waals surface area contributed by atoms with Gasteiger partial charge in [-0.15, -0.1) is 5.10 Å². The van der Waals surface area contributed by atoms with Crippen LogP contribution in [0.5, 0.6) is 5.75 Å². The first kappa shape index (κ1) is 16.9. The molecule has 1 aliphatic heterocycles. The van der Waals surface area contributed by atoms with Gasteiger partial charge in [0.1, 0.15) is 5.75 Å². The number of carboxylic acids is 1. The van der Waals surface area contributed by atoms with E-state index in [-0.39, 0.29) is 18.8 Å². The van der Waals surface area contributed by atoms with Crippen LogP contribution in [-0.4, -0.2) is 69.8 Å². The second-order valence-electron chi connectivity index (χ2n) is 5.56. The number of methoxy groups -OCH3 is 1. The third-order valence-electron chi connectivity index (χ3n) is 4.09. The van der Waals surface area contributed by atoms with Crippen molar-refractivity contribution in [3.8, 4) is 11.4 Å². The summed E-state index contributed by atoms with van der Waals surface area (Å²) in [6.07, 6.45) is 0. The molecule has 0 bridgehead atoms. The standard InChI is InChI=1S/C16H18N4O5/c1-10-14(15(21)19-7-8-25-9-13(19)16(22)23)17-18-20(10)11-3-5-12(24-2)6-4-11/h3-6,13H,7-9H2,1-2H3,(H,22,23). The number of hydrogen-bond donors (Lipinski definition) is 1. The van der Waals surface area contributed by atoms with Crippen LogP contribution in [0.2, 0.25) is 0 Å². The minimum atomic E-state index is -1.10. The number of hydrogen-bond acceptors (Lipinski definition) is 6. The monoisotopic (exact) mass is 346 g/mol. The Morgan fingerprint density at radius 1 is 1.32 bits per heavy atom. The maximum Gasteiger partial charge on any atom is 0.328 e. The van der Waals surface area contributed by atoms with Crippen molar-refractivity contribution in [2.75, 3.05) is 26.9 Å². The van der Waals surface area contributed by atoms with Crippen molar-refractivity contribution in [3.63, 3.8) is 0 Å². The molecule has 1 N–H and O–H groups in total. The second kappa shape index (κ2) is 6.89. The summed E-state index contributed by atoms with van der Waals surface area (Å²) in [5.74, 6) is -0.864. The SMILES string of the molecule is COc1ccc(-n2nnc(C(=O)N3CCOCC3C(=O)O)c2C)cc1. The smallest absolute Gasteiger partial charge is 0.328 e. The molecule has 0 spiro atoms. The van der Waals surface area contributed by atoms with Gasteiger partial charge in [0.2, 0.25) is 0 Å². The van der Waals surface area contributed by atoms with Crippen molar-refractivity contribution in [1.29, 1.82) is 0 Å². The van der Waals surface area contributed by atoms with Crippen LogP contribution in [0.25, 0.3) is 5.69 Å². The van der Waals surface area contributed by atoms with E-state index >= 15 is 0 Å². The van der Waals surface area contributed by atoms with Crippen molar-refractivity contribution in [1.82, 2.24) is 19.9 Å². The average Bonchev–Trinajstić information content (AvgIpc) is 3.02. The van der Waals surface area contributed by atoms with Gasteiger partial charge in [0.15, 0.2) is 11.7 Å². The van der Waals surface area contributed by atoms with Crippen LogP contribution in [0, 0.1) is 6.92 Å². The van der Waals surface area contributed by atoms with Gasteiger partial charge >= 0.3 is 5.97 Å². The molecule has 9 nitrogen and oxygen atoms in total. The number of benzene rings is 1. The number of ether oxygens (including phenoxy) is 2. The molecular weight excluding hydrogens is 328 g/mol. The number of carboxylic acid groups (broad SMARTS) is 1. The Morgan fingerprint density at radius 3 is 2.68 bits per heavy atom. The number of carbonyl (C=O) groups is 2. The first-order valence-electron chi connectivity index (χ1n) is 7.71. The lowest BCUT2D eigenvalue weighted by Crippen LogP contribution is -2.52. The summed E-state index contributed by atoms with van der Waals surface area (Å²) in [6, 6.07) is 6.13. The van der Waals surface area contributed by atoms with E-state index in [1.165, 1.54) is 9.58 Å². The van der Waals surface area contributed by atoms with Gasteiger partial charge in [-0.25, -0.2) is 9.48 Å². The Bertz CT molecular complexity index is 786. The molecule has 9 heteroatoms. The number of morpholine rings is 1. The first-order valence-corrected chi connectivity index (χ1v) is 7.71. The molecule has 0 radical (unpaired) electrons. The Morgan fingerprint density at radius 2 is 2.04 bits per heavy atom. The highest BCUT2D eigenvalue weighted by atomic mass is 16.5. The Labute approximate surface area is 143 Å². The van der Waals surface area contributed by atoms with Crippen molar-refractivity contribution >= 4 is 11.9 Å². The number of rotatable bonds is 4. The summed E-state index contributed by atoms with van der Waals surface area (Å²) in [5, 5.41) is 17.3. The number of amides is 1. The molecule has 2 aromatic rings. The van der Waals surface area contributed by atoms with Gasteiger partial charge in [0.25, 0.3) is 5.91 Å². The lowest BCUT2D eigenvalue weighted by molar-refractivity contribution is -0.147. The molecule has 1 saturated heterocycles. The van der Waals surface area contributed by atoms with E-state index in [4.69, 9.17) is 9.47 Å². The Kier molecular flexibility index (Phi) is 4.66. The van der Waals surface area contributed by atoms with Crippen LogP contribution in [-0.2, 0) is 9.53 Å². The maximum absolute atomic E-state index is 12.8. The van der Waals surface area contributed by atoms with Crippen molar-refractivity contribution in [2.45, 2.75) is 13.0 Å². The zero-order valence-electron chi connectivity index (χ0n) is 13.9. The Balaban J connectivity index is 1.89. The molecule has 1 aromatic heterocycles. The molecule has 3 rings (SSSR count). The molecule has 0 aliphatic carbocycles. The molecule has 0 saturated carbocycles. The summed E-state index contributed by atoms with van der Waals surface area (Å²) < 4.78 is 11.8. The summed E-state index contributed by atoms with van der Waals surface area (Å²) in [6.45, 7) is 2.17. The summed E-state index contributed by atoms with van der Waals surface area (Å²) >= 11 is 0. The number of carbonyl (C=O) groups excluding carboxylic acids is 1. The predicted molar refractivity (Wildman–Crippen MR) is 85.9 cm³/mol. The highest BCUT2D eigenvalue weighted by Crippen LogP contribution is 2.19. The highest BCUT2D eigenvalue weighted by molar-refractivity contribution is 5.96. The van der Waals surface area contributed by atoms with E-state index in [1.54, 1.807) is 38.3 Å². The first-order chi connectivity index (χ1) is 12.0. The molecule has 2 heterocycles. The van der Waals surface area contributed by atoms with Crippen LogP contribution < -0.4 is 4.74 Å². The Hall–Kier alpha value is -2.94. The molecule has 1 atom stereocenters. The fourth-order valence-corrected chi connectivity index (χ4v) is 2.68. The van der Waals surface area contributed by atoms with Gasteiger partial charge in [-0.1, -0.05) is 5.21 Å². The van der Waals surface area contributed by atoms with Gasteiger partial charge in [0, 0.05) is 6.54 Å². The maximum atomic E-state index is 12.8. The largest absolute Gasteiger partial charge is 0.497 e. The molecular formula is C16H18N4O5. The van der Waals surface area contributed by atoms with Gasteiger partial charge in [-0.3, -0.25) is 4.79 Å². The van der Waals surface area contributed by atoms with E-state index in [0.717, 1.165) is 5.69 Å². The second-order valence-corrected chi connectivity index (χ2v) is 5.56. The average molecular weight is 346 g/mol. The molecule has 25 heavy (non-hydrogen) atoms. The fourth-order valence-electron chi connectivity index (χ4n) is 2.68. The van der Waals surface area contributed by atoms with Crippen LogP contribution in [0.15, 0.2) is 24.3 Å². The van der Waals surface area contributed by atoms with Crippen LogP contribution in [0.1, 0.15) is 16.2 Å². The number of aliphatic carboxylic acids is 1. The molecule has 1 fully saturated rings. The third-order valence-corrected chi connectivity index (χ3v) is 4.09. The summed E-state index contributed by atoms with van der Waals surface area (Å²) in [5.41, 5.74) is 1.39. The quantitative estimate of drug-likeness (QED) is 0.859. The summed E-state index contributed by atoms with van der Waals surface area (Å²) in [7, 11) is 1.58. The fraction of sp³-hybridized carbons (Fsp3) is 0.375. The van der Waals surface area contributed by atoms with Gasteiger partial charge in [0.05, 0.1) is 31.7 Å². The lowest BCUT2D eigenvalue weighted by Gasteiger charge is -2.32. The minimum absolute atomic E-state index is 0.0350. The van der Waals surface area contributed by atoms with E-state index in [1.807, 2.05) is 0 Å².